The Balaban J connectivity index is 1.66. The van der Waals surface area contributed by atoms with Gasteiger partial charge in [-0.05, 0) is 42.3 Å². The molecule has 0 aliphatic rings. The normalized spacial score (nSPS) is 11.9. The van der Waals surface area contributed by atoms with E-state index >= 15 is 0 Å². The molecule has 0 spiro atoms. The minimum absolute atomic E-state index is 0.125. The van der Waals surface area contributed by atoms with Gasteiger partial charge in [0.15, 0.2) is 11.5 Å². The molecule has 4 nitrogen and oxygen atoms in total. The van der Waals surface area contributed by atoms with Crippen molar-refractivity contribution in [3.05, 3.63) is 93.2 Å². The molecule has 3 aromatic rings. The van der Waals surface area contributed by atoms with Gasteiger partial charge in [-0.15, -0.1) is 0 Å². The Morgan fingerprint density at radius 1 is 1.00 bits per heavy atom. The third-order valence-electron chi connectivity index (χ3n) is 4.61. The maximum atomic E-state index is 13.2. The maximum absolute atomic E-state index is 13.2. The molecule has 0 aliphatic carbocycles. The van der Waals surface area contributed by atoms with Crippen molar-refractivity contribution in [2.45, 2.75) is 26.2 Å². The second-order valence-electron chi connectivity index (χ2n) is 6.92. The molecule has 164 valence electrons. The molecule has 0 amide bonds. The molecular weight excluding hydrogens is 440 g/mol. The van der Waals surface area contributed by atoms with Crippen molar-refractivity contribution in [3.8, 4) is 11.5 Å². The van der Waals surface area contributed by atoms with Crippen LogP contribution in [0.4, 0.5) is 4.39 Å². The molecule has 0 aromatic heterocycles. The molecule has 3 aromatic carbocycles. The summed E-state index contributed by atoms with van der Waals surface area (Å²) in [4.78, 5) is 0. The average molecular weight is 464 g/mol. The van der Waals surface area contributed by atoms with Crippen LogP contribution in [0.15, 0.2) is 60.7 Å². The van der Waals surface area contributed by atoms with Crippen molar-refractivity contribution in [3.63, 3.8) is 0 Å². The first-order valence-electron chi connectivity index (χ1n) is 9.93. The highest BCUT2D eigenvalue weighted by atomic mass is 35.5. The third-order valence-corrected chi connectivity index (χ3v) is 5.24. The highest BCUT2D eigenvalue weighted by molar-refractivity contribution is 6.32. The molecule has 0 unspecified atom stereocenters. The number of hydrogen-bond donors (Lipinski definition) is 2. The monoisotopic (exact) mass is 463 g/mol. The molecule has 3 rings (SSSR count). The summed E-state index contributed by atoms with van der Waals surface area (Å²) in [5.41, 5.74) is 2.38. The van der Waals surface area contributed by atoms with E-state index in [1.54, 1.807) is 12.1 Å². The van der Waals surface area contributed by atoms with E-state index in [9.17, 15) is 9.50 Å². The Kier molecular flexibility index (Phi) is 8.55. The van der Waals surface area contributed by atoms with Crippen molar-refractivity contribution in [2.75, 3.05) is 13.2 Å². The van der Waals surface area contributed by atoms with Crippen LogP contribution in [0.2, 0.25) is 10.0 Å². The molecule has 0 heterocycles. The lowest BCUT2D eigenvalue weighted by molar-refractivity contribution is 0.174. The second kappa shape index (κ2) is 11.3. The van der Waals surface area contributed by atoms with Crippen molar-refractivity contribution in [1.82, 2.24) is 5.32 Å². The number of hydrogen-bond acceptors (Lipinski definition) is 4. The molecule has 31 heavy (non-hydrogen) atoms. The second-order valence-corrected chi connectivity index (χ2v) is 7.73. The van der Waals surface area contributed by atoms with Crippen LogP contribution in [0.1, 0.15) is 29.7 Å². The number of aliphatic hydroxyl groups is 1. The number of ether oxygens (including phenoxy) is 2. The van der Waals surface area contributed by atoms with Crippen molar-refractivity contribution in [1.29, 1.82) is 0 Å². The summed E-state index contributed by atoms with van der Waals surface area (Å²) < 4.78 is 24.8. The number of benzene rings is 3. The summed E-state index contributed by atoms with van der Waals surface area (Å²) in [7, 11) is 0. The summed E-state index contributed by atoms with van der Waals surface area (Å²) in [6, 6.07) is 17.2. The molecule has 7 heteroatoms. The van der Waals surface area contributed by atoms with Gasteiger partial charge in [-0.25, -0.2) is 4.39 Å². The van der Waals surface area contributed by atoms with Crippen LogP contribution < -0.4 is 14.8 Å². The zero-order valence-corrected chi connectivity index (χ0v) is 18.6. The van der Waals surface area contributed by atoms with E-state index in [4.69, 9.17) is 32.7 Å². The highest BCUT2D eigenvalue weighted by Crippen LogP contribution is 2.37. The first-order chi connectivity index (χ1) is 15.0. The summed E-state index contributed by atoms with van der Waals surface area (Å²) >= 11 is 12.5. The van der Waals surface area contributed by atoms with Gasteiger partial charge in [0.1, 0.15) is 12.4 Å². The SMILES string of the molecule is CCOc1cc(CNC[C@H](O)c2ccccc2)cc(Cl)c1OCc1ccc(F)cc1Cl. The van der Waals surface area contributed by atoms with Gasteiger partial charge in [-0.3, -0.25) is 0 Å². The first-order valence-corrected chi connectivity index (χ1v) is 10.7. The Morgan fingerprint density at radius 2 is 1.77 bits per heavy atom. The average Bonchev–Trinajstić information content (AvgIpc) is 2.75. The van der Waals surface area contributed by atoms with Gasteiger partial charge in [-0.1, -0.05) is 59.6 Å². The zero-order chi connectivity index (χ0) is 22.2. The largest absolute Gasteiger partial charge is 0.490 e. The molecule has 0 aliphatic heterocycles. The van der Waals surface area contributed by atoms with Crippen LogP contribution in [-0.2, 0) is 13.2 Å². The molecule has 1 atom stereocenters. The Bertz CT molecular complexity index is 1000. The molecule has 2 N–H and O–H groups in total. The summed E-state index contributed by atoms with van der Waals surface area (Å²) in [5, 5.41) is 14.2. The van der Waals surface area contributed by atoms with Crippen LogP contribution in [0.5, 0.6) is 11.5 Å². The van der Waals surface area contributed by atoms with Crippen molar-refractivity contribution < 1.29 is 19.0 Å². The summed E-state index contributed by atoms with van der Waals surface area (Å²) in [6.07, 6.45) is -0.605. The molecule has 0 fully saturated rings. The summed E-state index contributed by atoms with van der Waals surface area (Å²) in [6.45, 7) is 3.32. The fourth-order valence-electron chi connectivity index (χ4n) is 3.06. The number of rotatable bonds is 10. The first kappa shape index (κ1) is 23.4. The minimum Gasteiger partial charge on any atom is -0.490 e. The molecule has 0 saturated carbocycles. The highest BCUT2D eigenvalue weighted by Gasteiger charge is 2.14. The van der Waals surface area contributed by atoms with E-state index in [1.807, 2.05) is 43.3 Å². The van der Waals surface area contributed by atoms with Crippen molar-refractivity contribution in [2.24, 2.45) is 0 Å². The van der Waals surface area contributed by atoms with Crippen LogP contribution in [0.3, 0.4) is 0 Å². The van der Waals surface area contributed by atoms with Gasteiger partial charge in [0.2, 0.25) is 0 Å². The smallest absolute Gasteiger partial charge is 0.180 e. The van der Waals surface area contributed by atoms with Gasteiger partial charge in [0.25, 0.3) is 0 Å². The number of halogens is 3. The summed E-state index contributed by atoms with van der Waals surface area (Å²) in [5.74, 6) is 0.502. The molecule has 0 radical (unpaired) electrons. The lowest BCUT2D eigenvalue weighted by Gasteiger charge is -2.17. The van der Waals surface area contributed by atoms with Crippen LogP contribution in [-0.4, -0.2) is 18.3 Å². The van der Waals surface area contributed by atoms with Crippen LogP contribution in [0, 0.1) is 5.82 Å². The number of aliphatic hydroxyl groups excluding tert-OH is 1. The van der Waals surface area contributed by atoms with Crippen LogP contribution in [0.25, 0.3) is 0 Å². The van der Waals surface area contributed by atoms with E-state index in [-0.39, 0.29) is 11.6 Å². The van der Waals surface area contributed by atoms with Crippen LogP contribution >= 0.6 is 23.2 Å². The molecule has 0 saturated heterocycles. The standard InChI is InChI=1S/C24H24Cl2FNO3/c1-2-30-23-11-16(13-28-14-22(29)17-6-4-3-5-7-17)10-21(26)24(23)31-15-18-8-9-19(27)12-20(18)25/h3-12,22,28-29H,2,13-15H2,1H3/t22-/m0/s1. The maximum Gasteiger partial charge on any atom is 0.180 e. The van der Waals surface area contributed by atoms with Gasteiger partial charge < -0.3 is 19.9 Å². The van der Waals surface area contributed by atoms with E-state index in [0.29, 0.717) is 41.8 Å². The molecular formula is C24H24Cl2FNO3. The quantitative estimate of drug-likeness (QED) is 0.390. The topological polar surface area (TPSA) is 50.7 Å². The molecule has 0 bridgehead atoms. The van der Waals surface area contributed by atoms with Gasteiger partial charge in [-0.2, -0.15) is 0 Å². The Hall–Kier alpha value is -2.31. The van der Waals surface area contributed by atoms with Gasteiger partial charge in [0.05, 0.1) is 22.8 Å². The lowest BCUT2D eigenvalue weighted by Crippen LogP contribution is -2.21. The predicted octanol–water partition coefficient (Wildman–Crippen LogP) is 5.93. The predicted molar refractivity (Wildman–Crippen MR) is 121 cm³/mol. The van der Waals surface area contributed by atoms with E-state index in [1.165, 1.54) is 12.1 Å². The van der Waals surface area contributed by atoms with Crippen molar-refractivity contribution >= 4 is 23.2 Å². The van der Waals surface area contributed by atoms with E-state index in [2.05, 4.69) is 5.32 Å². The van der Waals surface area contributed by atoms with E-state index < -0.39 is 11.9 Å². The fourth-order valence-corrected chi connectivity index (χ4v) is 3.57. The third kappa shape index (κ3) is 6.58. The number of nitrogens with one attached hydrogen (secondary N) is 1. The van der Waals surface area contributed by atoms with E-state index in [0.717, 1.165) is 11.1 Å². The fraction of sp³-hybridized carbons (Fsp3) is 0.250. The van der Waals surface area contributed by atoms with Gasteiger partial charge in [0, 0.05) is 18.7 Å². The minimum atomic E-state index is -0.605. The zero-order valence-electron chi connectivity index (χ0n) is 17.1. The van der Waals surface area contributed by atoms with Gasteiger partial charge >= 0.3 is 0 Å². The Morgan fingerprint density at radius 3 is 2.48 bits per heavy atom. The Labute approximate surface area is 191 Å². The lowest BCUT2D eigenvalue weighted by atomic mass is 10.1.